The van der Waals surface area contributed by atoms with E-state index in [0.717, 1.165) is 33.9 Å². The number of hydrogen-bond acceptors (Lipinski definition) is 3. The maximum absolute atomic E-state index is 5.42. The Bertz CT molecular complexity index is 764. The Morgan fingerprint density at radius 3 is 2.81 bits per heavy atom. The molecular formula is C17H19N3O. The number of ether oxygens (including phenoxy) is 1. The number of aromatic nitrogens is 2. The van der Waals surface area contributed by atoms with Crippen LogP contribution >= 0.6 is 0 Å². The van der Waals surface area contributed by atoms with E-state index in [1.807, 2.05) is 31.2 Å². The lowest BCUT2D eigenvalue weighted by atomic mass is 10.1. The highest BCUT2D eigenvalue weighted by atomic mass is 16.5. The average Bonchev–Trinajstić information content (AvgIpc) is 2.86. The van der Waals surface area contributed by atoms with Gasteiger partial charge in [-0.15, -0.1) is 0 Å². The maximum Gasteiger partial charge on any atom is 0.124 e. The van der Waals surface area contributed by atoms with E-state index in [1.54, 1.807) is 7.11 Å². The van der Waals surface area contributed by atoms with Crippen LogP contribution in [-0.2, 0) is 0 Å². The highest BCUT2D eigenvalue weighted by Gasteiger charge is 2.11. The summed E-state index contributed by atoms with van der Waals surface area (Å²) in [6, 6.07) is 14.4. The molecule has 0 amide bonds. The van der Waals surface area contributed by atoms with Gasteiger partial charge in [-0.05, 0) is 38.1 Å². The number of nitrogens with zero attached hydrogens (tertiary/aromatic N) is 1. The largest absolute Gasteiger partial charge is 0.496 e. The van der Waals surface area contributed by atoms with Gasteiger partial charge >= 0.3 is 0 Å². The van der Waals surface area contributed by atoms with Crippen molar-refractivity contribution in [3.63, 3.8) is 0 Å². The fourth-order valence-corrected chi connectivity index (χ4v) is 2.58. The van der Waals surface area contributed by atoms with Gasteiger partial charge in [-0.1, -0.05) is 18.2 Å². The summed E-state index contributed by atoms with van der Waals surface area (Å²) < 4.78 is 5.42. The molecule has 108 valence electrons. The van der Waals surface area contributed by atoms with Crippen LogP contribution in [0.4, 0.5) is 5.69 Å². The predicted octanol–water partition coefficient (Wildman–Crippen LogP) is 4.05. The van der Waals surface area contributed by atoms with Crippen molar-refractivity contribution < 1.29 is 4.74 Å². The minimum absolute atomic E-state index is 0.155. The first-order valence-electron chi connectivity index (χ1n) is 7.03. The van der Waals surface area contributed by atoms with E-state index in [1.165, 1.54) is 0 Å². The minimum atomic E-state index is 0.155. The summed E-state index contributed by atoms with van der Waals surface area (Å²) in [6.45, 7) is 4.09. The van der Waals surface area contributed by atoms with Crippen molar-refractivity contribution in [1.82, 2.24) is 9.97 Å². The molecule has 0 spiro atoms. The highest BCUT2D eigenvalue weighted by molar-refractivity contribution is 5.79. The van der Waals surface area contributed by atoms with Gasteiger partial charge < -0.3 is 15.0 Å². The lowest BCUT2D eigenvalue weighted by Gasteiger charge is -2.18. The number of para-hydroxylation sites is 1. The van der Waals surface area contributed by atoms with Crippen LogP contribution in [0.15, 0.2) is 42.5 Å². The molecule has 1 aromatic heterocycles. The molecule has 0 radical (unpaired) electrons. The molecule has 3 aromatic rings. The molecule has 1 heterocycles. The molecule has 4 nitrogen and oxygen atoms in total. The molecule has 0 aliphatic rings. The zero-order chi connectivity index (χ0) is 14.8. The summed E-state index contributed by atoms with van der Waals surface area (Å²) in [7, 11) is 1.70. The van der Waals surface area contributed by atoms with Gasteiger partial charge in [0.15, 0.2) is 0 Å². The number of hydrogen-bond donors (Lipinski definition) is 2. The Hall–Kier alpha value is -2.49. The Morgan fingerprint density at radius 1 is 1.19 bits per heavy atom. The molecule has 0 aliphatic carbocycles. The predicted molar refractivity (Wildman–Crippen MR) is 85.9 cm³/mol. The highest BCUT2D eigenvalue weighted by Crippen LogP contribution is 2.28. The zero-order valence-electron chi connectivity index (χ0n) is 12.5. The number of aromatic amines is 1. The van der Waals surface area contributed by atoms with E-state index < -0.39 is 0 Å². The van der Waals surface area contributed by atoms with Crippen molar-refractivity contribution in [1.29, 1.82) is 0 Å². The number of nitrogens with one attached hydrogen (secondary N) is 2. The lowest BCUT2D eigenvalue weighted by molar-refractivity contribution is 0.408. The molecule has 0 fully saturated rings. The molecule has 1 atom stereocenters. The van der Waals surface area contributed by atoms with Gasteiger partial charge in [0, 0.05) is 11.3 Å². The van der Waals surface area contributed by atoms with E-state index in [9.17, 15) is 0 Å². The minimum Gasteiger partial charge on any atom is -0.496 e. The van der Waals surface area contributed by atoms with E-state index in [2.05, 4.69) is 40.4 Å². The molecule has 4 heteroatoms. The van der Waals surface area contributed by atoms with Crippen molar-refractivity contribution in [2.45, 2.75) is 19.9 Å². The SMILES string of the molecule is COc1ccccc1C(C)Nc1ccc2nc(C)[nH]c2c1. The first-order chi connectivity index (χ1) is 10.2. The van der Waals surface area contributed by atoms with Crippen LogP contribution in [-0.4, -0.2) is 17.1 Å². The van der Waals surface area contributed by atoms with Crippen LogP contribution in [0.1, 0.15) is 24.4 Å². The fourth-order valence-electron chi connectivity index (χ4n) is 2.58. The van der Waals surface area contributed by atoms with Crippen LogP contribution in [0.5, 0.6) is 5.75 Å². The van der Waals surface area contributed by atoms with Gasteiger partial charge in [-0.3, -0.25) is 0 Å². The summed E-state index contributed by atoms with van der Waals surface area (Å²) in [6.07, 6.45) is 0. The summed E-state index contributed by atoms with van der Waals surface area (Å²) in [5.74, 6) is 1.83. The van der Waals surface area contributed by atoms with Gasteiger partial charge in [0.25, 0.3) is 0 Å². The number of fused-ring (bicyclic) bond motifs is 1. The standard InChI is InChI=1S/C17H19N3O/c1-11(14-6-4-5-7-17(14)21-3)18-13-8-9-15-16(10-13)20-12(2)19-15/h4-11,18H,1-3H3,(H,19,20). The van der Waals surface area contributed by atoms with Crippen LogP contribution in [0, 0.1) is 6.92 Å². The van der Waals surface area contributed by atoms with Crippen molar-refractivity contribution in [2.75, 3.05) is 12.4 Å². The quantitative estimate of drug-likeness (QED) is 0.758. The molecule has 1 unspecified atom stereocenters. The van der Waals surface area contributed by atoms with E-state index in [-0.39, 0.29) is 6.04 Å². The van der Waals surface area contributed by atoms with Crippen LogP contribution in [0.25, 0.3) is 11.0 Å². The summed E-state index contributed by atoms with van der Waals surface area (Å²) >= 11 is 0. The lowest BCUT2D eigenvalue weighted by Crippen LogP contribution is -2.08. The molecule has 3 rings (SSSR count). The van der Waals surface area contributed by atoms with Crippen molar-refractivity contribution in [3.05, 3.63) is 53.9 Å². The first kappa shape index (κ1) is 13.5. The summed E-state index contributed by atoms with van der Waals surface area (Å²) in [4.78, 5) is 7.67. The van der Waals surface area contributed by atoms with Crippen molar-refractivity contribution >= 4 is 16.7 Å². The maximum atomic E-state index is 5.42. The number of aryl methyl sites for hydroxylation is 1. The summed E-state index contributed by atoms with van der Waals surface area (Å²) in [5, 5.41) is 3.51. The number of benzene rings is 2. The Kier molecular flexibility index (Phi) is 3.52. The molecule has 0 saturated heterocycles. The number of anilines is 1. The van der Waals surface area contributed by atoms with Gasteiger partial charge in [0.2, 0.25) is 0 Å². The molecule has 2 N–H and O–H groups in total. The van der Waals surface area contributed by atoms with Crippen LogP contribution in [0.2, 0.25) is 0 Å². The number of imidazole rings is 1. The Morgan fingerprint density at radius 2 is 2.00 bits per heavy atom. The molecule has 21 heavy (non-hydrogen) atoms. The Balaban J connectivity index is 1.86. The van der Waals surface area contributed by atoms with E-state index >= 15 is 0 Å². The first-order valence-corrected chi connectivity index (χ1v) is 7.03. The number of rotatable bonds is 4. The number of methoxy groups -OCH3 is 1. The molecular weight excluding hydrogens is 262 g/mol. The number of H-pyrrole nitrogens is 1. The summed E-state index contributed by atoms with van der Waals surface area (Å²) in [5.41, 5.74) is 4.23. The Labute approximate surface area is 124 Å². The molecule has 0 saturated carbocycles. The molecule has 0 aliphatic heterocycles. The van der Waals surface area contributed by atoms with E-state index in [0.29, 0.717) is 0 Å². The topological polar surface area (TPSA) is 49.9 Å². The average molecular weight is 281 g/mol. The van der Waals surface area contributed by atoms with Gasteiger partial charge in [-0.25, -0.2) is 4.98 Å². The zero-order valence-corrected chi connectivity index (χ0v) is 12.5. The van der Waals surface area contributed by atoms with Gasteiger partial charge in [0.05, 0.1) is 24.2 Å². The van der Waals surface area contributed by atoms with E-state index in [4.69, 9.17) is 4.74 Å². The van der Waals surface area contributed by atoms with Gasteiger partial charge in [0.1, 0.15) is 11.6 Å². The normalized spacial score (nSPS) is 12.3. The van der Waals surface area contributed by atoms with Gasteiger partial charge in [-0.2, -0.15) is 0 Å². The second-order valence-electron chi connectivity index (χ2n) is 5.16. The second kappa shape index (κ2) is 5.48. The van der Waals surface area contributed by atoms with Crippen LogP contribution in [0.3, 0.4) is 0 Å². The monoisotopic (exact) mass is 281 g/mol. The third kappa shape index (κ3) is 2.70. The molecule has 2 aromatic carbocycles. The van der Waals surface area contributed by atoms with Crippen LogP contribution < -0.4 is 10.1 Å². The fraction of sp³-hybridized carbons (Fsp3) is 0.235. The van der Waals surface area contributed by atoms with Crippen molar-refractivity contribution in [2.24, 2.45) is 0 Å². The van der Waals surface area contributed by atoms with Crippen molar-refractivity contribution in [3.8, 4) is 5.75 Å². The second-order valence-corrected chi connectivity index (χ2v) is 5.16. The third-order valence-electron chi connectivity index (χ3n) is 3.59. The smallest absolute Gasteiger partial charge is 0.124 e. The molecule has 0 bridgehead atoms. The third-order valence-corrected chi connectivity index (χ3v) is 3.59.